The van der Waals surface area contributed by atoms with Crippen LogP contribution in [-0.2, 0) is 38.4 Å². The lowest BCUT2D eigenvalue weighted by molar-refractivity contribution is -0.152. The highest BCUT2D eigenvalue weighted by Gasteiger charge is 2.64. The van der Waals surface area contributed by atoms with Gasteiger partial charge < -0.3 is 10.2 Å². The van der Waals surface area contributed by atoms with Crippen molar-refractivity contribution in [3.05, 3.63) is 0 Å². The topological polar surface area (TPSA) is 224 Å². The molecule has 2 fully saturated rings. The minimum atomic E-state index is -2.32. The Bertz CT molecular complexity index is 1030. The molecule has 16 nitrogen and oxygen atoms in total. The van der Waals surface area contributed by atoms with E-state index in [1.807, 2.05) is 0 Å². The maximum atomic E-state index is 12.0. The Morgan fingerprint density at radius 2 is 0.806 bits per heavy atom. The van der Waals surface area contributed by atoms with E-state index in [0.29, 0.717) is 9.80 Å². The number of carbonyl (C=O) groups excluding carboxylic acids is 10. The van der Waals surface area contributed by atoms with E-state index in [9.17, 15) is 58.2 Å². The molecule has 0 aliphatic carbocycles. The number of nitrogens with zero attached hydrogens (tertiary/aromatic N) is 4. The summed E-state index contributed by atoms with van der Waals surface area (Å²) < 4.78 is 0. The van der Waals surface area contributed by atoms with Crippen molar-refractivity contribution < 1.29 is 58.2 Å². The predicted molar refractivity (Wildman–Crippen MR) is 112 cm³/mol. The third-order valence-electron chi connectivity index (χ3n) is 5.52. The lowest BCUT2D eigenvalue weighted by atomic mass is 9.94. The number of hydrogen-bond donors (Lipinski definition) is 2. The van der Waals surface area contributed by atoms with Crippen LogP contribution >= 0.6 is 0 Å². The van der Waals surface area contributed by atoms with Crippen molar-refractivity contribution in [3.8, 4) is 0 Å². The summed E-state index contributed by atoms with van der Waals surface area (Å²) in [6.07, 6.45) is 0. The van der Waals surface area contributed by atoms with Gasteiger partial charge in [-0.05, 0) is 13.8 Å². The SMILES string of the molecule is CC(=O)N1C(=O)N(C(C)=O)C(CO)(C(C)=O)C1=O.CC(=O)N1C(=O)N(C(C)=O)C(CO)(C(C)=O)C1=O. The second-order valence-corrected chi connectivity index (χ2v) is 7.74. The largest absolute Gasteiger partial charge is 0.393 e. The highest BCUT2D eigenvalue weighted by atomic mass is 16.3. The summed E-state index contributed by atoms with van der Waals surface area (Å²) in [5.41, 5.74) is -4.65. The summed E-state index contributed by atoms with van der Waals surface area (Å²) in [4.78, 5) is 117. The van der Waals surface area contributed by atoms with Crippen LogP contribution in [0.1, 0.15) is 41.5 Å². The molecule has 2 N–H and O–H groups in total. The van der Waals surface area contributed by atoms with Crippen molar-refractivity contribution in [2.24, 2.45) is 0 Å². The van der Waals surface area contributed by atoms with E-state index >= 15 is 0 Å². The van der Waals surface area contributed by atoms with Crippen molar-refractivity contribution in [1.29, 1.82) is 0 Å². The van der Waals surface area contributed by atoms with Crippen LogP contribution in [0, 0.1) is 0 Å². The van der Waals surface area contributed by atoms with Crippen molar-refractivity contribution in [1.82, 2.24) is 19.6 Å². The van der Waals surface area contributed by atoms with Crippen LogP contribution < -0.4 is 0 Å². The summed E-state index contributed by atoms with van der Waals surface area (Å²) >= 11 is 0. The van der Waals surface area contributed by atoms with Gasteiger partial charge in [0.05, 0.1) is 13.2 Å². The molecule has 2 atom stereocenters. The Balaban J connectivity index is 0.000000360. The van der Waals surface area contributed by atoms with Crippen LogP contribution in [0.2, 0.25) is 0 Å². The standard InChI is InChI=1S/2C10H12N2O6/c2*1-5(14)10(4-13)8(17)11(6(2)15)9(18)12(10)7(3)16/h2*13H,4H2,1-3H3. The minimum absolute atomic E-state index is 0.180. The molecule has 36 heavy (non-hydrogen) atoms. The van der Waals surface area contributed by atoms with Crippen molar-refractivity contribution in [2.45, 2.75) is 52.6 Å². The van der Waals surface area contributed by atoms with Gasteiger partial charge in [0.2, 0.25) is 34.7 Å². The average molecular weight is 512 g/mol. The fraction of sp³-hybridized carbons (Fsp3) is 0.500. The number of imide groups is 8. The van der Waals surface area contributed by atoms with E-state index in [4.69, 9.17) is 0 Å². The monoisotopic (exact) mass is 512 g/mol. The summed E-state index contributed by atoms with van der Waals surface area (Å²) in [6.45, 7) is 3.61. The van der Waals surface area contributed by atoms with Gasteiger partial charge in [-0.3, -0.25) is 38.4 Å². The highest BCUT2D eigenvalue weighted by molar-refractivity contribution is 6.30. The van der Waals surface area contributed by atoms with Gasteiger partial charge in [0.15, 0.2) is 11.6 Å². The van der Waals surface area contributed by atoms with E-state index in [1.54, 1.807) is 0 Å². The van der Waals surface area contributed by atoms with Crippen LogP contribution in [0.5, 0.6) is 0 Å². The fourth-order valence-corrected chi connectivity index (χ4v) is 3.74. The molecule has 0 radical (unpaired) electrons. The maximum Gasteiger partial charge on any atom is 0.341 e. The molecule has 0 aromatic heterocycles. The van der Waals surface area contributed by atoms with E-state index < -0.39 is 83.4 Å². The predicted octanol–water partition coefficient (Wildman–Crippen LogP) is -2.67. The zero-order valence-electron chi connectivity index (χ0n) is 20.2. The smallest absolute Gasteiger partial charge is 0.341 e. The first-order chi connectivity index (χ1) is 16.4. The molecule has 2 aliphatic rings. The number of rotatable bonds is 4. The number of carbonyl (C=O) groups is 10. The minimum Gasteiger partial charge on any atom is -0.393 e. The van der Waals surface area contributed by atoms with Gasteiger partial charge in [0.1, 0.15) is 0 Å². The highest BCUT2D eigenvalue weighted by Crippen LogP contribution is 2.30. The normalized spacial score (nSPS) is 23.6. The van der Waals surface area contributed by atoms with E-state index in [0.717, 1.165) is 41.5 Å². The summed E-state index contributed by atoms with van der Waals surface area (Å²) in [5, 5.41) is 18.5. The Hall–Kier alpha value is -4.18. The first-order valence-electron chi connectivity index (χ1n) is 10.1. The van der Waals surface area contributed by atoms with Gasteiger partial charge in [-0.1, -0.05) is 0 Å². The number of hydrogen-bond acceptors (Lipinski definition) is 12. The van der Waals surface area contributed by atoms with Gasteiger partial charge in [-0.2, -0.15) is 9.80 Å². The Kier molecular flexibility index (Phi) is 8.46. The molecule has 0 aromatic rings. The number of ketones is 2. The average Bonchev–Trinajstić information content (AvgIpc) is 3.12. The first-order valence-corrected chi connectivity index (χ1v) is 10.1. The van der Waals surface area contributed by atoms with E-state index in [-0.39, 0.29) is 9.80 Å². The van der Waals surface area contributed by atoms with Crippen LogP contribution in [0.25, 0.3) is 0 Å². The molecule has 2 saturated heterocycles. The summed E-state index contributed by atoms with van der Waals surface area (Å²) in [6, 6.07) is -2.44. The van der Waals surface area contributed by atoms with Crippen molar-refractivity contribution >= 4 is 59.1 Å². The second-order valence-electron chi connectivity index (χ2n) is 7.74. The maximum absolute atomic E-state index is 12.0. The molecule has 0 bridgehead atoms. The van der Waals surface area contributed by atoms with Crippen LogP contribution in [-0.4, -0.2) is 113 Å². The molecule has 0 aromatic carbocycles. The molecule has 2 aliphatic heterocycles. The Labute approximate surface area is 203 Å². The molecular weight excluding hydrogens is 488 g/mol. The molecule has 196 valence electrons. The first kappa shape index (κ1) is 29.9. The van der Waals surface area contributed by atoms with Gasteiger partial charge >= 0.3 is 12.1 Å². The number of aliphatic hydroxyl groups is 2. The second kappa shape index (κ2) is 10.2. The molecule has 2 rings (SSSR count). The zero-order chi connectivity index (χ0) is 28.5. The van der Waals surface area contributed by atoms with Crippen LogP contribution in [0.4, 0.5) is 9.59 Å². The third-order valence-corrected chi connectivity index (χ3v) is 5.52. The Morgan fingerprint density at radius 3 is 0.917 bits per heavy atom. The molecule has 0 saturated carbocycles. The van der Waals surface area contributed by atoms with E-state index in [2.05, 4.69) is 0 Å². The Morgan fingerprint density at radius 1 is 0.556 bits per heavy atom. The van der Waals surface area contributed by atoms with E-state index in [1.165, 1.54) is 0 Å². The molecule has 0 spiro atoms. The quantitative estimate of drug-likeness (QED) is 0.290. The van der Waals surface area contributed by atoms with Crippen LogP contribution in [0.3, 0.4) is 0 Å². The molecule has 2 unspecified atom stereocenters. The van der Waals surface area contributed by atoms with Crippen molar-refractivity contribution in [3.63, 3.8) is 0 Å². The number of aliphatic hydroxyl groups excluding tert-OH is 2. The summed E-state index contributed by atoms with van der Waals surface area (Å²) in [7, 11) is 0. The van der Waals surface area contributed by atoms with Crippen molar-refractivity contribution in [2.75, 3.05) is 13.2 Å². The van der Waals surface area contributed by atoms with Crippen LogP contribution in [0.15, 0.2) is 0 Å². The third kappa shape index (κ3) is 4.09. The number of urea groups is 2. The fourth-order valence-electron chi connectivity index (χ4n) is 3.74. The lowest BCUT2D eigenvalue weighted by Crippen LogP contribution is -2.59. The summed E-state index contributed by atoms with van der Waals surface area (Å²) in [5.74, 6) is -7.83. The molecule has 2 heterocycles. The van der Waals surface area contributed by atoms with Gasteiger partial charge in [-0.25, -0.2) is 19.4 Å². The molecular formula is C20H24N4O12. The van der Waals surface area contributed by atoms with Gasteiger partial charge in [0, 0.05) is 27.7 Å². The number of amides is 10. The zero-order valence-corrected chi connectivity index (χ0v) is 20.2. The number of Topliss-reactive ketones (excluding diaryl/α,β-unsaturated/α-hetero) is 2. The molecule has 10 amide bonds. The van der Waals surface area contributed by atoms with Gasteiger partial charge in [-0.15, -0.1) is 0 Å². The molecule has 16 heteroatoms. The lowest BCUT2D eigenvalue weighted by Gasteiger charge is -2.28. The van der Waals surface area contributed by atoms with Gasteiger partial charge in [0.25, 0.3) is 11.8 Å².